The number of carbonyl (C=O) groups is 2. The fourth-order valence-electron chi connectivity index (χ4n) is 4.22. The minimum absolute atomic E-state index is 0.150. The molecule has 5 rings (SSSR count). The van der Waals surface area contributed by atoms with Crippen LogP contribution >= 0.6 is 11.6 Å². The van der Waals surface area contributed by atoms with E-state index in [1.165, 1.54) is 5.56 Å². The molecule has 5 nitrogen and oxygen atoms in total. The Morgan fingerprint density at radius 3 is 2.03 bits per heavy atom. The standard InChI is InChI=1S/C16H18O4.C9H9ClO/c1-14(2,3)20-13(18)16-9-15(16,10-19-12(16)17)11-7-5-4-6-8-11;10-6-9(7-11-9)8-4-2-1-3-5-8/h4-8H,9-10H2,1-3H3;1-5H,6-7H2. The van der Waals surface area contributed by atoms with E-state index in [4.69, 9.17) is 25.8 Å². The number of benzene rings is 2. The topological polar surface area (TPSA) is 65.1 Å². The molecule has 2 heterocycles. The Morgan fingerprint density at radius 2 is 1.55 bits per heavy atom. The molecule has 3 aliphatic rings. The molecule has 1 saturated carbocycles. The second-order valence-corrected chi connectivity index (χ2v) is 9.66. The minimum Gasteiger partial charge on any atom is -0.464 e. The maximum Gasteiger partial charge on any atom is 0.325 e. The van der Waals surface area contributed by atoms with Gasteiger partial charge in [0.25, 0.3) is 0 Å². The lowest BCUT2D eigenvalue weighted by Gasteiger charge is -2.22. The van der Waals surface area contributed by atoms with Crippen molar-refractivity contribution in [3.8, 4) is 0 Å². The maximum absolute atomic E-state index is 12.5. The van der Waals surface area contributed by atoms with E-state index in [9.17, 15) is 9.59 Å². The van der Waals surface area contributed by atoms with Crippen LogP contribution in [0.25, 0.3) is 0 Å². The summed E-state index contributed by atoms with van der Waals surface area (Å²) in [6, 6.07) is 19.7. The highest BCUT2D eigenvalue weighted by atomic mass is 35.5. The monoisotopic (exact) mass is 442 g/mol. The molecule has 6 heteroatoms. The summed E-state index contributed by atoms with van der Waals surface area (Å²) in [4.78, 5) is 24.6. The highest BCUT2D eigenvalue weighted by Gasteiger charge is 2.83. The number of halogens is 1. The highest BCUT2D eigenvalue weighted by Crippen LogP contribution is 2.69. The largest absolute Gasteiger partial charge is 0.464 e. The fraction of sp³-hybridized carbons (Fsp3) is 0.440. The van der Waals surface area contributed by atoms with Gasteiger partial charge in [0.2, 0.25) is 0 Å². The normalized spacial score (nSPS) is 30.4. The average molecular weight is 443 g/mol. The summed E-state index contributed by atoms with van der Waals surface area (Å²) in [6.07, 6.45) is 0.484. The maximum atomic E-state index is 12.5. The van der Waals surface area contributed by atoms with Gasteiger partial charge >= 0.3 is 11.9 Å². The summed E-state index contributed by atoms with van der Waals surface area (Å²) in [5, 5.41) is 0. The van der Waals surface area contributed by atoms with Crippen LogP contribution in [0.15, 0.2) is 60.7 Å². The van der Waals surface area contributed by atoms with Gasteiger partial charge in [-0.2, -0.15) is 0 Å². The third-order valence-electron chi connectivity index (χ3n) is 6.14. The minimum atomic E-state index is -1.14. The van der Waals surface area contributed by atoms with Crippen LogP contribution in [0.1, 0.15) is 38.3 Å². The molecule has 0 aromatic heterocycles. The van der Waals surface area contributed by atoms with E-state index in [0.717, 1.165) is 12.2 Å². The Kier molecular flexibility index (Phi) is 5.39. The molecular formula is C25H27ClO5. The van der Waals surface area contributed by atoms with Crippen molar-refractivity contribution in [2.24, 2.45) is 5.41 Å². The number of fused-ring (bicyclic) bond motifs is 1. The molecule has 2 saturated heterocycles. The molecule has 0 bridgehead atoms. The summed E-state index contributed by atoms with van der Waals surface area (Å²) < 4.78 is 15.9. The molecule has 3 fully saturated rings. The molecule has 2 aromatic carbocycles. The lowest BCUT2D eigenvalue weighted by Crippen LogP contribution is -2.36. The van der Waals surface area contributed by atoms with Crippen LogP contribution in [-0.2, 0) is 34.8 Å². The summed E-state index contributed by atoms with van der Waals surface area (Å²) in [6.45, 7) is 6.42. The van der Waals surface area contributed by atoms with Crippen LogP contribution in [0.2, 0.25) is 0 Å². The van der Waals surface area contributed by atoms with Crippen LogP contribution < -0.4 is 0 Å². The van der Waals surface area contributed by atoms with Gasteiger partial charge in [0.05, 0.1) is 17.9 Å². The molecule has 164 valence electrons. The SMILES string of the molecule is CC(C)(C)OC(=O)C12CC1(c1ccccc1)COC2=O.ClCC1(c2ccccc2)CO1. The summed E-state index contributed by atoms with van der Waals surface area (Å²) in [5.41, 5.74) is -0.274. The van der Waals surface area contributed by atoms with Gasteiger partial charge in [0, 0.05) is 0 Å². The van der Waals surface area contributed by atoms with Crippen LogP contribution in [0.5, 0.6) is 0 Å². The number of ether oxygens (including phenoxy) is 3. The molecule has 0 amide bonds. The van der Waals surface area contributed by atoms with Crippen molar-refractivity contribution >= 4 is 23.5 Å². The van der Waals surface area contributed by atoms with Crippen LogP contribution in [0.3, 0.4) is 0 Å². The van der Waals surface area contributed by atoms with E-state index in [-0.39, 0.29) is 12.2 Å². The van der Waals surface area contributed by atoms with Crippen molar-refractivity contribution in [3.63, 3.8) is 0 Å². The van der Waals surface area contributed by atoms with Gasteiger partial charge in [-0.05, 0) is 38.3 Å². The van der Waals surface area contributed by atoms with Gasteiger partial charge in [-0.1, -0.05) is 60.7 Å². The zero-order chi connectivity index (χ0) is 22.3. The predicted octanol–water partition coefficient (Wildman–Crippen LogP) is 4.36. The Balaban J connectivity index is 0.000000177. The molecule has 0 radical (unpaired) electrons. The van der Waals surface area contributed by atoms with Crippen molar-refractivity contribution in [2.75, 3.05) is 19.1 Å². The van der Waals surface area contributed by atoms with Crippen molar-refractivity contribution in [2.45, 2.75) is 43.8 Å². The average Bonchev–Trinajstić information content (AvgIpc) is 3.66. The van der Waals surface area contributed by atoms with Gasteiger partial charge in [-0.25, -0.2) is 0 Å². The van der Waals surface area contributed by atoms with Crippen molar-refractivity contribution in [1.82, 2.24) is 0 Å². The smallest absolute Gasteiger partial charge is 0.325 e. The number of alkyl halides is 1. The molecular weight excluding hydrogens is 416 g/mol. The first-order valence-corrected chi connectivity index (χ1v) is 10.9. The van der Waals surface area contributed by atoms with Gasteiger partial charge < -0.3 is 14.2 Å². The van der Waals surface area contributed by atoms with Crippen molar-refractivity contribution in [1.29, 1.82) is 0 Å². The van der Waals surface area contributed by atoms with Crippen molar-refractivity contribution < 1.29 is 23.8 Å². The van der Waals surface area contributed by atoms with E-state index in [2.05, 4.69) is 12.1 Å². The zero-order valence-corrected chi connectivity index (χ0v) is 18.8. The summed E-state index contributed by atoms with van der Waals surface area (Å²) >= 11 is 5.77. The highest BCUT2D eigenvalue weighted by molar-refractivity contribution is 6.18. The number of hydrogen-bond donors (Lipinski definition) is 0. The quantitative estimate of drug-likeness (QED) is 0.304. The van der Waals surface area contributed by atoms with Gasteiger partial charge in [0.15, 0.2) is 5.41 Å². The molecule has 3 unspecified atom stereocenters. The molecule has 2 aromatic rings. The number of carbonyl (C=O) groups excluding carboxylic acids is 2. The number of cyclic esters (lactones) is 1. The van der Waals surface area contributed by atoms with E-state index in [1.807, 2.05) is 48.5 Å². The van der Waals surface area contributed by atoms with E-state index >= 15 is 0 Å². The third kappa shape index (κ3) is 3.74. The Labute approximate surface area is 187 Å². The van der Waals surface area contributed by atoms with Crippen molar-refractivity contribution in [3.05, 3.63) is 71.8 Å². The lowest BCUT2D eigenvalue weighted by atomic mass is 9.88. The van der Waals surface area contributed by atoms with E-state index < -0.39 is 28.4 Å². The molecule has 1 aliphatic carbocycles. The first-order chi connectivity index (χ1) is 14.7. The summed E-state index contributed by atoms with van der Waals surface area (Å²) in [5.74, 6) is -0.358. The molecule has 0 spiro atoms. The van der Waals surface area contributed by atoms with E-state index in [0.29, 0.717) is 12.3 Å². The van der Waals surface area contributed by atoms with Crippen LogP contribution in [0, 0.1) is 5.41 Å². The zero-order valence-electron chi connectivity index (χ0n) is 18.0. The van der Waals surface area contributed by atoms with Gasteiger partial charge in [-0.3, -0.25) is 9.59 Å². The first-order valence-electron chi connectivity index (χ1n) is 10.4. The summed E-state index contributed by atoms with van der Waals surface area (Å²) in [7, 11) is 0. The molecule has 31 heavy (non-hydrogen) atoms. The Morgan fingerprint density at radius 1 is 1.00 bits per heavy atom. The molecule has 0 N–H and O–H groups in total. The Bertz CT molecular complexity index is 964. The van der Waals surface area contributed by atoms with Crippen LogP contribution in [0.4, 0.5) is 0 Å². The number of rotatable bonds is 4. The molecule has 3 atom stereocenters. The second kappa shape index (κ2) is 7.64. The van der Waals surface area contributed by atoms with Gasteiger partial charge in [0.1, 0.15) is 17.8 Å². The van der Waals surface area contributed by atoms with Crippen LogP contribution in [-0.4, -0.2) is 36.6 Å². The predicted molar refractivity (Wildman–Crippen MR) is 117 cm³/mol. The third-order valence-corrected chi connectivity index (χ3v) is 6.57. The number of hydrogen-bond acceptors (Lipinski definition) is 5. The lowest BCUT2D eigenvalue weighted by molar-refractivity contribution is -0.168. The number of epoxide rings is 1. The molecule has 2 aliphatic heterocycles. The first kappa shape index (κ1) is 21.8. The van der Waals surface area contributed by atoms with Gasteiger partial charge in [-0.15, -0.1) is 11.6 Å². The second-order valence-electron chi connectivity index (χ2n) is 9.39. The number of esters is 2. The van der Waals surface area contributed by atoms with E-state index in [1.54, 1.807) is 20.8 Å². The fourth-order valence-corrected chi connectivity index (χ4v) is 4.53. The Hall–Kier alpha value is -2.37.